The fourth-order valence-electron chi connectivity index (χ4n) is 2.75. The lowest BCUT2D eigenvalue weighted by Crippen LogP contribution is -2.26. The molecule has 6 nitrogen and oxygen atoms in total. The van der Waals surface area contributed by atoms with Crippen molar-refractivity contribution in [2.75, 3.05) is 7.05 Å². The molecule has 0 N–H and O–H groups in total. The SMILES string of the molecule is CN(Cc1cc(-c2ccccc2)no1)C(=O)c1ccc2nccnc2c1. The van der Waals surface area contributed by atoms with Gasteiger partial charge >= 0.3 is 0 Å². The molecule has 1 amide bonds. The van der Waals surface area contributed by atoms with Gasteiger partial charge in [-0.1, -0.05) is 35.5 Å². The van der Waals surface area contributed by atoms with E-state index in [1.54, 1.807) is 42.5 Å². The van der Waals surface area contributed by atoms with Crippen LogP contribution in [-0.4, -0.2) is 33.0 Å². The van der Waals surface area contributed by atoms with Gasteiger partial charge in [-0.3, -0.25) is 14.8 Å². The average Bonchev–Trinajstić information content (AvgIpc) is 3.16. The zero-order chi connectivity index (χ0) is 17.9. The molecule has 0 atom stereocenters. The largest absolute Gasteiger partial charge is 0.359 e. The molecule has 6 heteroatoms. The first kappa shape index (κ1) is 16.0. The molecule has 2 heterocycles. The van der Waals surface area contributed by atoms with E-state index < -0.39 is 0 Å². The van der Waals surface area contributed by atoms with Crippen LogP contribution >= 0.6 is 0 Å². The number of benzene rings is 2. The highest BCUT2D eigenvalue weighted by Gasteiger charge is 2.16. The Balaban J connectivity index is 1.51. The minimum atomic E-state index is -0.116. The quantitative estimate of drug-likeness (QED) is 0.566. The molecule has 4 aromatic rings. The topological polar surface area (TPSA) is 72.1 Å². The van der Waals surface area contributed by atoms with E-state index in [4.69, 9.17) is 4.52 Å². The normalized spacial score (nSPS) is 10.8. The van der Waals surface area contributed by atoms with Crippen LogP contribution < -0.4 is 0 Å². The molecule has 0 aliphatic rings. The maximum absolute atomic E-state index is 12.7. The number of aromatic nitrogens is 3. The minimum Gasteiger partial charge on any atom is -0.359 e. The van der Waals surface area contributed by atoms with Gasteiger partial charge in [0.05, 0.1) is 17.6 Å². The van der Waals surface area contributed by atoms with E-state index in [0.717, 1.165) is 16.8 Å². The molecule has 4 rings (SSSR count). The van der Waals surface area contributed by atoms with Gasteiger partial charge in [0.25, 0.3) is 5.91 Å². The van der Waals surface area contributed by atoms with Gasteiger partial charge in [0.1, 0.15) is 5.69 Å². The number of fused-ring (bicyclic) bond motifs is 1. The summed E-state index contributed by atoms with van der Waals surface area (Å²) in [6.07, 6.45) is 3.24. The fraction of sp³-hybridized carbons (Fsp3) is 0.100. The molecular formula is C20H16N4O2. The first-order valence-electron chi connectivity index (χ1n) is 8.18. The van der Waals surface area contributed by atoms with Crippen molar-refractivity contribution in [3.8, 4) is 11.3 Å². The number of carbonyl (C=O) groups excluding carboxylic acids is 1. The zero-order valence-electron chi connectivity index (χ0n) is 14.2. The van der Waals surface area contributed by atoms with E-state index in [9.17, 15) is 4.79 Å². The van der Waals surface area contributed by atoms with Crippen molar-refractivity contribution in [1.29, 1.82) is 0 Å². The van der Waals surface area contributed by atoms with Crippen molar-refractivity contribution < 1.29 is 9.32 Å². The third-order valence-corrected chi connectivity index (χ3v) is 4.08. The smallest absolute Gasteiger partial charge is 0.254 e. The Hall–Kier alpha value is -3.54. The molecule has 0 aliphatic carbocycles. The van der Waals surface area contributed by atoms with Gasteiger partial charge in [-0.05, 0) is 18.2 Å². The van der Waals surface area contributed by atoms with Crippen molar-refractivity contribution in [2.24, 2.45) is 0 Å². The Morgan fingerprint density at radius 3 is 2.58 bits per heavy atom. The van der Waals surface area contributed by atoms with Crippen LogP contribution in [0, 0.1) is 0 Å². The summed E-state index contributed by atoms with van der Waals surface area (Å²) in [5, 5.41) is 4.08. The second kappa shape index (κ2) is 6.76. The van der Waals surface area contributed by atoms with Crippen molar-refractivity contribution in [3.05, 3.63) is 78.3 Å². The van der Waals surface area contributed by atoms with Gasteiger partial charge in [-0.15, -0.1) is 0 Å². The predicted molar refractivity (Wildman–Crippen MR) is 97.3 cm³/mol. The van der Waals surface area contributed by atoms with Crippen LogP contribution in [-0.2, 0) is 6.54 Å². The monoisotopic (exact) mass is 344 g/mol. The van der Waals surface area contributed by atoms with E-state index in [1.165, 1.54) is 0 Å². The molecular weight excluding hydrogens is 328 g/mol. The van der Waals surface area contributed by atoms with Crippen LogP contribution in [0.4, 0.5) is 0 Å². The molecule has 128 valence electrons. The second-order valence-corrected chi connectivity index (χ2v) is 5.97. The fourth-order valence-corrected chi connectivity index (χ4v) is 2.75. The molecule has 0 unspecified atom stereocenters. The molecule has 0 fully saturated rings. The lowest BCUT2D eigenvalue weighted by atomic mass is 10.1. The number of hydrogen-bond acceptors (Lipinski definition) is 5. The third-order valence-electron chi connectivity index (χ3n) is 4.08. The highest BCUT2D eigenvalue weighted by atomic mass is 16.5. The maximum Gasteiger partial charge on any atom is 0.254 e. The molecule has 0 spiro atoms. The van der Waals surface area contributed by atoms with E-state index >= 15 is 0 Å². The summed E-state index contributed by atoms with van der Waals surface area (Å²) in [4.78, 5) is 22.7. The van der Waals surface area contributed by atoms with Gasteiger partial charge in [-0.2, -0.15) is 0 Å². The Bertz CT molecular complexity index is 1060. The number of carbonyl (C=O) groups is 1. The summed E-state index contributed by atoms with van der Waals surface area (Å²) in [6, 6.07) is 16.9. The molecule has 0 radical (unpaired) electrons. The number of amides is 1. The van der Waals surface area contributed by atoms with Gasteiger partial charge in [0, 0.05) is 36.6 Å². The minimum absolute atomic E-state index is 0.116. The summed E-state index contributed by atoms with van der Waals surface area (Å²) >= 11 is 0. The molecule has 0 bridgehead atoms. The Kier molecular flexibility index (Phi) is 4.15. The Labute approximate surface area is 150 Å². The summed E-state index contributed by atoms with van der Waals surface area (Å²) in [5.74, 6) is 0.510. The first-order chi connectivity index (χ1) is 12.7. The third kappa shape index (κ3) is 3.17. The van der Waals surface area contributed by atoms with Crippen LogP contribution in [0.3, 0.4) is 0 Å². The van der Waals surface area contributed by atoms with E-state index in [1.807, 2.05) is 36.4 Å². The molecule has 0 saturated carbocycles. The van der Waals surface area contributed by atoms with Gasteiger partial charge < -0.3 is 9.42 Å². The highest BCUT2D eigenvalue weighted by Crippen LogP contribution is 2.20. The molecule has 2 aromatic carbocycles. The van der Waals surface area contributed by atoms with Crippen LogP contribution in [0.15, 0.2) is 71.5 Å². The van der Waals surface area contributed by atoms with Crippen molar-refractivity contribution in [3.63, 3.8) is 0 Å². The lowest BCUT2D eigenvalue weighted by Gasteiger charge is -2.15. The summed E-state index contributed by atoms with van der Waals surface area (Å²) < 4.78 is 5.38. The molecule has 0 aliphatic heterocycles. The first-order valence-corrected chi connectivity index (χ1v) is 8.18. The second-order valence-electron chi connectivity index (χ2n) is 5.97. The van der Waals surface area contributed by atoms with Crippen molar-refractivity contribution >= 4 is 16.9 Å². The van der Waals surface area contributed by atoms with Crippen LogP contribution in [0.2, 0.25) is 0 Å². The van der Waals surface area contributed by atoms with Crippen LogP contribution in [0.5, 0.6) is 0 Å². The van der Waals surface area contributed by atoms with Crippen molar-refractivity contribution in [2.45, 2.75) is 6.54 Å². The number of rotatable bonds is 4. The maximum atomic E-state index is 12.7. The molecule has 0 saturated heterocycles. The zero-order valence-corrected chi connectivity index (χ0v) is 14.2. The number of hydrogen-bond donors (Lipinski definition) is 0. The van der Waals surface area contributed by atoms with Crippen LogP contribution in [0.1, 0.15) is 16.1 Å². The summed E-state index contributed by atoms with van der Waals surface area (Å²) in [7, 11) is 1.73. The van der Waals surface area contributed by atoms with Gasteiger partial charge in [0.2, 0.25) is 0 Å². The van der Waals surface area contributed by atoms with Gasteiger partial charge in [-0.25, -0.2) is 0 Å². The number of nitrogens with zero attached hydrogens (tertiary/aromatic N) is 4. The van der Waals surface area contributed by atoms with Gasteiger partial charge in [0.15, 0.2) is 5.76 Å². The van der Waals surface area contributed by atoms with E-state index in [0.29, 0.717) is 23.4 Å². The summed E-state index contributed by atoms with van der Waals surface area (Å²) in [5.41, 5.74) is 3.74. The summed E-state index contributed by atoms with van der Waals surface area (Å²) in [6.45, 7) is 0.331. The highest BCUT2D eigenvalue weighted by molar-refractivity contribution is 5.97. The standard InChI is InChI=1S/C20H16N4O2/c1-24(13-16-12-18(23-26-16)14-5-3-2-4-6-14)20(25)15-7-8-17-19(11-15)22-10-9-21-17/h2-12H,13H2,1H3. The molecule has 2 aromatic heterocycles. The predicted octanol–water partition coefficient (Wildman–Crippen LogP) is 3.56. The lowest BCUT2D eigenvalue weighted by molar-refractivity contribution is 0.0772. The van der Waals surface area contributed by atoms with Crippen molar-refractivity contribution in [1.82, 2.24) is 20.0 Å². The van der Waals surface area contributed by atoms with E-state index in [2.05, 4.69) is 15.1 Å². The Morgan fingerprint density at radius 1 is 1.00 bits per heavy atom. The van der Waals surface area contributed by atoms with Crippen LogP contribution in [0.25, 0.3) is 22.3 Å². The average molecular weight is 344 g/mol. The Morgan fingerprint density at radius 2 is 1.77 bits per heavy atom. The van der Waals surface area contributed by atoms with E-state index in [-0.39, 0.29) is 5.91 Å². The molecule has 26 heavy (non-hydrogen) atoms.